The summed E-state index contributed by atoms with van der Waals surface area (Å²) < 4.78 is 1.75. The molecular weight excluding hydrogens is 276 g/mol. The number of aromatic nitrogens is 2. The number of hydrogen-bond acceptors (Lipinski definition) is 5. The summed E-state index contributed by atoms with van der Waals surface area (Å²) in [5, 5.41) is 26.8. The highest BCUT2D eigenvalue weighted by atomic mass is 16.6. The van der Waals surface area contributed by atoms with Crippen LogP contribution in [0.4, 0.5) is 11.4 Å². The minimum atomic E-state index is -1.12. The van der Waals surface area contributed by atoms with Gasteiger partial charge in [0.1, 0.15) is 5.69 Å². The van der Waals surface area contributed by atoms with Crippen LogP contribution in [0, 0.1) is 10.1 Å². The molecule has 0 fully saturated rings. The lowest BCUT2D eigenvalue weighted by molar-refractivity contribution is -0.384. The van der Waals surface area contributed by atoms with Crippen LogP contribution in [0.3, 0.4) is 0 Å². The maximum Gasteiger partial charge on any atom is 0.335 e. The minimum absolute atomic E-state index is 0.00942. The predicted octanol–water partition coefficient (Wildman–Crippen LogP) is 1.99. The van der Waals surface area contributed by atoms with Gasteiger partial charge in [-0.3, -0.25) is 14.8 Å². The molecule has 1 aromatic heterocycles. The zero-order valence-corrected chi connectivity index (χ0v) is 11.1. The van der Waals surface area contributed by atoms with E-state index in [9.17, 15) is 14.9 Å². The molecule has 21 heavy (non-hydrogen) atoms. The lowest BCUT2D eigenvalue weighted by Crippen LogP contribution is -2.09. The van der Waals surface area contributed by atoms with Gasteiger partial charge in [0.05, 0.1) is 10.5 Å². The molecule has 8 heteroatoms. The highest BCUT2D eigenvalue weighted by Gasteiger charge is 2.16. The van der Waals surface area contributed by atoms with Crippen LogP contribution in [0.2, 0.25) is 0 Å². The number of benzene rings is 1. The third-order valence-electron chi connectivity index (χ3n) is 2.88. The van der Waals surface area contributed by atoms with Crippen LogP contribution in [0.25, 0.3) is 0 Å². The van der Waals surface area contributed by atoms with Crippen LogP contribution in [-0.4, -0.2) is 32.3 Å². The first-order chi connectivity index (χ1) is 10.1. The highest BCUT2D eigenvalue weighted by Crippen LogP contribution is 2.25. The van der Waals surface area contributed by atoms with E-state index >= 15 is 0 Å². The molecule has 0 saturated heterocycles. The van der Waals surface area contributed by atoms with Gasteiger partial charge in [-0.1, -0.05) is 0 Å². The quantitative estimate of drug-likeness (QED) is 0.458. The summed E-state index contributed by atoms with van der Waals surface area (Å²) in [6.45, 7) is 1.15. The number of nitro benzene ring substituents is 1. The molecule has 0 radical (unpaired) electrons. The van der Waals surface area contributed by atoms with Crippen LogP contribution >= 0.6 is 0 Å². The van der Waals surface area contributed by atoms with Gasteiger partial charge >= 0.3 is 5.97 Å². The van der Waals surface area contributed by atoms with Crippen LogP contribution in [0.5, 0.6) is 0 Å². The first-order valence-electron chi connectivity index (χ1n) is 6.31. The number of aromatic carboxylic acids is 1. The minimum Gasteiger partial charge on any atom is -0.478 e. The van der Waals surface area contributed by atoms with Gasteiger partial charge in [-0.25, -0.2) is 4.79 Å². The van der Waals surface area contributed by atoms with Crippen LogP contribution in [0.1, 0.15) is 16.8 Å². The molecule has 2 rings (SSSR count). The van der Waals surface area contributed by atoms with Gasteiger partial charge in [-0.05, 0) is 24.6 Å². The molecule has 2 aromatic rings. The summed E-state index contributed by atoms with van der Waals surface area (Å²) in [4.78, 5) is 21.3. The summed E-state index contributed by atoms with van der Waals surface area (Å²) in [5.74, 6) is -1.12. The number of carbonyl (C=O) groups is 1. The number of aryl methyl sites for hydroxylation is 1. The summed E-state index contributed by atoms with van der Waals surface area (Å²) in [6, 6.07) is 5.50. The van der Waals surface area contributed by atoms with E-state index in [1.54, 1.807) is 10.9 Å². The molecule has 0 aliphatic rings. The van der Waals surface area contributed by atoms with E-state index in [1.807, 2.05) is 12.3 Å². The molecule has 0 atom stereocenters. The van der Waals surface area contributed by atoms with Gasteiger partial charge in [0.2, 0.25) is 0 Å². The van der Waals surface area contributed by atoms with Crippen molar-refractivity contribution in [3.63, 3.8) is 0 Å². The zero-order chi connectivity index (χ0) is 15.2. The highest BCUT2D eigenvalue weighted by molar-refractivity contribution is 5.90. The van der Waals surface area contributed by atoms with Crippen LogP contribution in [0.15, 0.2) is 36.7 Å². The average Bonchev–Trinajstić information content (AvgIpc) is 2.96. The van der Waals surface area contributed by atoms with E-state index < -0.39 is 10.9 Å². The monoisotopic (exact) mass is 290 g/mol. The fourth-order valence-corrected chi connectivity index (χ4v) is 1.87. The third kappa shape index (κ3) is 3.78. The molecule has 0 aliphatic heterocycles. The molecule has 0 bridgehead atoms. The van der Waals surface area contributed by atoms with Crippen molar-refractivity contribution in [3.8, 4) is 0 Å². The van der Waals surface area contributed by atoms with Crippen molar-refractivity contribution in [1.29, 1.82) is 0 Å². The number of carboxylic acid groups (broad SMARTS) is 1. The second-order valence-corrected chi connectivity index (χ2v) is 4.34. The van der Waals surface area contributed by atoms with Gasteiger partial charge in [0, 0.05) is 31.5 Å². The van der Waals surface area contributed by atoms with E-state index in [2.05, 4.69) is 10.4 Å². The Balaban J connectivity index is 2.01. The Morgan fingerprint density at radius 3 is 2.90 bits per heavy atom. The predicted molar refractivity (Wildman–Crippen MR) is 75.4 cm³/mol. The Morgan fingerprint density at radius 1 is 1.48 bits per heavy atom. The molecule has 0 spiro atoms. The normalized spacial score (nSPS) is 10.3. The number of nitro groups is 1. The topological polar surface area (TPSA) is 110 Å². The first kappa shape index (κ1) is 14.5. The Kier molecular flexibility index (Phi) is 4.50. The second kappa shape index (κ2) is 6.51. The molecule has 0 saturated carbocycles. The Bertz CT molecular complexity index is 640. The lowest BCUT2D eigenvalue weighted by Gasteiger charge is -2.08. The molecule has 1 heterocycles. The van der Waals surface area contributed by atoms with Gasteiger partial charge in [-0.2, -0.15) is 5.10 Å². The lowest BCUT2D eigenvalue weighted by atomic mass is 10.1. The van der Waals surface area contributed by atoms with Crippen molar-refractivity contribution in [1.82, 2.24) is 9.78 Å². The van der Waals surface area contributed by atoms with E-state index in [-0.39, 0.29) is 16.9 Å². The molecule has 1 aromatic carbocycles. The number of carboxylic acids is 1. The number of nitrogens with one attached hydrogen (secondary N) is 1. The van der Waals surface area contributed by atoms with Crippen molar-refractivity contribution in [3.05, 3.63) is 52.3 Å². The molecule has 0 unspecified atom stereocenters. The van der Waals surface area contributed by atoms with Crippen molar-refractivity contribution in [2.45, 2.75) is 13.0 Å². The van der Waals surface area contributed by atoms with E-state index in [1.165, 1.54) is 18.2 Å². The molecular formula is C13H14N4O4. The Morgan fingerprint density at radius 2 is 2.29 bits per heavy atom. The fourth-order valence-electron chi connectivity index (χ4n) is 1.87. The molecule has 0 amide bonds. The van der Waals surface area contributed by atoms with E-state index in [4.69, 9.17) is 5.11 Å². The molecule has 0 aliphatic carbocycles. The number of hydrogen-bond donors (Lipinski definition) is 2. The van der Waals surface area contributed by atoms with E-state index in [0.29, 0.717) is 19.5 Å². The standard InChI is InChI=1S/C13H14N4O4/c18-13(19)10-3-4-12(17(20)21)11(9-10)14-5-1-7-16-8-2-6-15-16/h2-4,6,8-9,14H,1,5,7H2,(H,18,19). The summed E-state index contributed by atoms with van der Waals surface area (Å²) in [7, 11) is 0. The fraction of sp³-hybridized carbons (Fsp3) is 0.231. The smallest absolute Gasteiger partial charge is 0.335 e. The zero-order valence-electron chi connectivity index (χ0n) is 11.1. The Hall–Kier alpha value is -2.90. The number of nitrogens with zero attached hydrogens (tertiary/aromatic N) is 3. The molecule has 8 nitrogen and oxygen atoms in total. The van der Waals surface area contributed by atoms with Gasteiger partial charge in [0.25, 0.3) is 5.69 Å². The Labute approximate surface area is 120 Å². The number of rotatable bonds is 7. The maximum atomic E-state index is 10.9. The van der Waals surface area contributed by atoms with Crippen molar-refractivity contribution in [2.24, 2.45) is 0 Å². The van der Waals surface area contributed by atoms with Gasteiger partial charge in [0.15, 0.2) is 0 Å². The van der Waals surface area contributed by atoms with Crippen molar-refractivity contribution >= 4 is 17.3 Å². The first-order valence-corrected chi connectivity index (χ1v) is 6.31. The van der Waals surface area contributed by atoms with Gasteiger partial charge < -0.3 is 10.4 Å². The largest absolute Gasteiger partial charge is 0.478 e. The summed E-state index contributed by atoms with van der Waals surface area (Å²) in [6.07, 6.45) is 4.21. The summed E-state index contributed by atoms with van der Waals surface area (Å²) >= 11 is 0. The summed E-state index contributed by atoms with van der Waals surface area (Å²) in [5.41, 5.74) is 0.0784. The molecule has 2 N–H and O–H groups in total. The van der Waals surface area contributed by atoms with Crippen molar-refractivity contribution in [2.75, 3.05) is 11.9 Å². The SMILES string of the molecule is O=C(O)c1ccc([N+](=O)[O-])c(NCCCn2cccn2)c1. The average molecular weight is 290 g/mol. The third-order valence-corrected chi connectivity index (χ3v) is 2.88. The second-order valence-electron chi connectivity index (χ2n) is 4.34. The molecule has 110 valence electrons. The van der Waals surface area contributed by atoms with Crippen molar-refractivity contribution < 1.29 is 14.8 Å². The van der Waals surface area contributed by atoms with Crippen LogP contribution in [-0.2, 0) is 6.54 Å². The number of anilines is 1. The van der Waals surface area contributed by atoms with Gasteiger partial charge in [-0.15, -0.1) is 0 Å². The van der Waals surface area contributed by atoms with E-state index in [0.717, 1.165) is 0 Å². The van der Waals surface area contributed by atoms with Crippen LogP contribution < -0.4 is 5.32 Å². The maximum absolute atomic E-state index is 10.9.